The Balaban J connectivity index is 0.00000169. The first-order valence-corrected chi connectivity index (χ1v) is 8.75. The third kappa shape index (κ3) is 5.99. The van der Waals surface area contributed by atoms with E-state index in [-0.39, 0.29) is 48.7 Å². The first kappa shape index (κ1) is 23.0. The van der Waals surface area contributed by atoms with Crippen molar-refractivity contribution in [3.05, 3.63) is 29.8 Å². The number of hydrogen-bond acceptors (Lipinski definition) is 5. The summed E-state index contributed by atoms with van der Waals surface area (Å²) in [6.45, 7) is 2.67. The molecule has 1 amide bonds. The van der Waals surface area contributed by atoms with Crippen molar-refractivity contribution in [1.82, 2.24) is 10.2 Å². The monoisotopic (exact) mass is 405 g/mol. The van der Waals surface area contributed by atoms with Crippen LogP contribution in [0.2, 0.25) is 0 Å². The normalized spacial score (nSPS) is 26.6. The van der Waals surface area contributed by atoms with Gasteiger partial charge in [0.05, 0.1) is 6.10 Å². The van der Waals surface area contributed by atoms with Gasteiger partial charge in [-0.3, -0.25) is 9.69 Å². The number of rotatable bonds is 4. The molecule has 2 fully saturated rings. The van der Waals surface area contributed by atoms with E-state index in [2.05, 4.69) is 10.2 Å². The average Bonchev–Trinajstić information content (AvgIpc) is 2.89. The molecular formula is C18H29Cl2N3O3. The third-order valence-electron chi connectivity index (χ3n) is 5.20. The summed E-state index contributed by atoms with van der Waals surface area (Å²) in [5.74, 6) is 0.181. The highest BCUT2D eigenvalue weighted by atomic mass is 35.5. The van der Waals surface area contributed by atoms with E-state index in [9.17, 15) is 15.0 Å². The molecule has 1 saturated carbocycles. The van der Waals surface area contributed by atoms with Gasteiger partial charge in [-0.2, -0.15) is 0 Å². The molecule has 1 aliphatic carbocycles. The highest BCUT2D eigenvalue weighted by molar-refractivity contribution is 5.85. The van der Waals surface area contributed by atoms with Crippen molar-refractivity contribution in [3.63, 3.8) is 0 Å². The second-order valence-corrected chi connectivity index (χ2v) is 7.13. The molecule has 2 aliphatic rings. The van der Waals surface area contributed by atoms with E-state index < -0.39 is 6.10 Å². The fraction of sp³-hybridized carbons (Fsp3) is 0.611. The second-order valence-electron chi connectivity index (χ2n) is 7.13. The van der Waals surface area contributed by atoms with Crippen LogP contribution in [0.5, 0.6) is 5.75 Å². The topological polar surface area (TPSA) is 98.8 Å². The van der Waals surface area contributed by atoms with Gasteiger partial charge in [0.1, 0.15) is 5.75 Å². The number of nitrogens with zero attached hydrogens (tertiary/aromatic N) is 1. The number of nitrogens with one attached hydrogen (secondary N) is 1. The third-order valence-corrected chi connectivity index (χ3v) is 5.20. The zero-order valence-corrected chi connectivity index (χ0v) is 16.3. The minimum atomic E-state index is -0.551. The van der Waals surface area contributed by atoms with Gasteiger partial charge in [-0.05, 0) is 43.4 Å². The van der Waals surface area contributed by atoms with Crippen LogP contribution in [-0.2, 0) is 11.3 Å². The molecule has 6 nitrogen and oxygen atoms in total. The number of phenolic OH excluding ortho intramolecular Hbond substituents is 1. The molecule has 5 N–H and O–H groups in total. The molecular weight excluding hydrogens is 377 g/mol. The number of amides is 1. The van der Waals surface area contributed by atoms with Crippen molar-refractivity contribution >= 4 is 30.7 Å². The predicted molar refractivity (Wildman–Crippen MR) is 106 cm³/mol. The van der Waals surface area contributed by atoms with Crippen LogP contribution in [0, 0.1) is 5.92 Å². The number of piperidine rings is 1. The number of aromatic hydroxyl groups is 1. The van der Waals surface area contributed by atoms with E-state index >= 15 is 0 Å². The Kier molecular flexibility index (Phi) is 9.13. The number of phenols is 1. The average molecular weight is 406 g/mol. The number of aliphatic hydroxyl groups is 1. The van der Waals surface area contributed by atoms with Gasteiger partial charge in [-0.1, -0.05) is 12.1 Å². The summed E-state index contributed by atoms with van der Waals surface area (Å²) in [4.78, 5) is 14.6. The van der Waals surface area contributed by atoms with Gasteiger partial charge in [0, 0.05) is 37.6 Å². The zero-order valence-electron chi connectivity index (χ0n) is 14.7. The summed E-state index contributed by atoms with van der Waals surface area (Å²) in [7, 11) is 0. The van der Waals surface area contributed by atoms with E-state index in [4.69, 9.17) is 5.73 Å². The highest BCUT2D eigenvalue weighted by Crippen LogP contribution is 2.25. The van der Waals surface area contributed by atoms with Crippen molar-refractivity contribution in [3.8, 4) is 5.75 Å². The molecule has 26 heavy (non-hydrogen) atoms. The standard InChI is InChI=1S/C18H27N3O3.2ClH/c19-16-9-13(10-17(16)23)18(24)20-14-4-6-21(7-5-14)11-12-2-1-3-15(22)8-12;;/h1-3,8,13-14,16-17,22-23H,4-7,9-11,19H2,(H,20,24);2*1H/t13-,16+,17+;;/m0../s1. The lowest BCUT2D eigenvalue weighted by Gasteiger charge is -2.32. The largest absolute Gasteiger partial charge is 0.508 e. The predicted octanol–water partition coefficient (Wildman–Crippen LogP) is 1.41. The molecule has 3 atom stereocenters. The summed E-state index contributed by atoms with van der Waals surface area (Å²) in [5, 5.41) is 22.3. The molecule has 1 saturated heterocycles. The first-order chi connectivity index (χ1) is 11.5. The maximum absolute atomic E-state index is 12.3. The Morgan fingerprint density at radius 3 is 2.50 bits per heavy atom. The van der Waals surface area contributed by atoms with Crippen LogP contribution in [-0.4, -0.2) is 52.3 Å². The molecule has 1 aromatic carbocycles. The van der Waals surface area contributed by atoms with E-state index in [1.807, 2.05) is 12.1 Å². The maximum atomic E-state index is 12.3. The molecule has 1 heterocycles. The van der Waals surface area contributed by atoms with Crippen LogP contribution < -0.4 is 11.1 Å². The summed E-state index contributed by atoms with van der Waals surface area (Å²) < 4.78 is 0. The van der Waals surface area contributed by atoms with Gasteiger partial charge in [0.15, 0.2) is 0 Å². The molecule has 3 rings (SSSR count). The molecule has 0 aromatic heterocycles. The molecule has 0 spiro atoms. The lowest BCUT2D eigenvalue weighted by Crippen LogP contribution is -2.46. The highest BCUT2D eigenvalue weighted by Gasteiger charge is 2.35. The van der Waals surface area contributed by atoms with E-state index in [0.29, 0.717) is 18.6 Å². The fourth-order valence-corrected chi connectivity index (χ4v) is 3.73. The van der Waals surface area contributed by atoms with E-state index in [1.54, 1.807) is 12.1 Å². The van der Waals surface area contributed by atoms with Crippen LogP contribution in [0.4, 0.5) is 0 Å². The number of halogens is 2. The summed E-state index contributed by atoms with van der Waals surface area (Å²) in [5.41, 5.74) is 6.89. The minimum absolute atomic E-state index is 0. The minimum Gasteiger partial charge on any atom is -0.508 e. The Morgan fingerprint density at radius 1 is 1.23 bits per heavy atom. The van der Waals surface area contributed by atoms with Crippen molar-refractivity contribution in [2.45, 2.75) is 50.4 Å². The van der Waals surface area contributed by atoms with Gasteiger partial charge < -0.3 is 21.3 Å². The van der Waals surface area contributed by atoms with Crippen LogP contribution in [0.3, 0.4) is 0 Å². The van der Waals surface area contributed by atoms with Gasteiger partial charge >= 0.3 is 0 Å². The van der Waals surface area contributed by atoms with Crippen LogP contribution in [0.15, 0.2) is 24.3 Å². The Hall–Kier alpha value is -1.05. The molecule has 8 heteroatoms. The van der Waals surface area contributed by atoms with Crippen molar-refractivity contribution < 1.29 is 15.0 Å². The lowest BCUT2D eigenvalue weighted by atomic mass is 10.0. The molecule has 1 aliphatic heterocycles. The van der Waals surface area contributed by atoms with Crippen LogP contribution >= 0.6 is 24.8 Å². The van der Waals surface area contributed by atoms with Crippen LogP contribution in [0.25, 0.3) is 0 Å². The molecule has 0 unspecified atom stereocenters. The molecule has 0 bridgehead atoms. The summed E-state index contributed by atoms with van der Waals surface area (Å²) in [6, 6.07) is 7.28. The maximum Gasteiger partial charge on any atom is 0.223 e. The first-order valence-electron chi connectivity index (χ1n) is 8.75. The van der Waals surface area contributed by atoms with Gasteiger partial charge in [-0.15, -0.1) is 24.8 Å². The number of carbonyl (C=O) groups is 1. The number of hydrogen-bond donors (Lipinski definition) is 4. The van der Waals surface area contributed by atoms with Gasteiger partial charge in [0.25, 0.3) is 0 Å². The number of likely N-dealkylation sites (tertiary alicyclic amines) is 1. The Morgan fingerprint density at radius 2 is 1.92 bits per heavy atom. The molecule has 148 valence electrons. The van der Waals surface area contributed by atoms with Crippen molar-refractivity contribution in [1.29, 1.82) is 0 Å². The van der Waals surface area contributed by atoms with Gasteiger partial charge in [0.2, 0.25) is 5.91 Å². The quantitative estimate of drug-likeness (QED) is 0.606. The summed E-state index contributed by atoms with van der Waals surface area (Å²) in [6.07, 6.45) is 2.34. The zero-order chi connectivity index (χ0) is 17.1. The number of carbonyl (C=O) groups excluding carboxylic acids is 1. The van der Waals surface area contributed by atoms with Crippen molar-refractivity contribution in [2.75, 3.05) is 13.1 Å². The van der Waals surface area contributed by atoms with Crippen molar-refractivity contribution in [2.24, 2.45) is 11.7 Å². The Labute approximate surface area is 167 Å². The fourth-order valence-electron chi connectivity index (χ4n) is 3.73. The Bertz CT molecular complexity index is 573. The molecule has 0 radical (unpaired) electrons. The lowest BCUT2D eigenvalue weighted by molar-refractivity contribution is -0.126. The smallest absolute Gasteiger partial charge is 0.223 e. The van der Waals surface area contributed by atoms with Crippen LogP contribution in [0.1, 0.15) is 31.2 Å². The SMILES string of the molecule is Cl.Cl.N[C@@H]1C[C@H](C(=O)NC2CCN(Cc3cccc(O)c3)CC2)C[C@H]1O. The second kappa shape index (κ2) is 10.3. The number of benzene rings is 1. The number of nitrogens with two attached hydrogens (primary N) is 1. The van der Waals surface area contributed by atoms with Gasteiger partial charge in [-0.25, -0.2) is 0 Å². The summed E-state index contributed by atoms with van der Waals surface area (Å²) >= 11 is 0. The number of aliphatic hydroxyl groups excluding tert-OH is 1. The molecule has 1 aromatic rings. The van der Waals surface area contributed by atoms with E-state index in [1.165, 1.54) is 0 Å². The van der Waals surface area contributed by atoms with E-state index in [0.717, 1.165) is 38.0 Å².